The topological polar surface area (TPSA) is 59.2 Å². The second-order valence-corrected chi connectivity index (χ2v) is 5.50. The Morgan fingerprint density at radius 1 is 1.29 bits per heavy atom. The fraction of sp³-hybridized carbons (Fsp3) is 0.250. The van der Waals surface area contributed by atoms with Crippen molar-refractivity contribution in [1.82, 2.24) is 9.88 Å². The van der Waals surface area contributed by atoms with Gasteiger partial charge in [-0.3, -0.25) is 9.78 Å². The van der Waals surface area contributed by atoms with E-state index in [0.29, 0.717) is 22.8 Å². The Bertz CT molecular complexity index is 685. The van der Waals surface area contributed by atoms with Crippen LogP contribution in [0.1, 0.15) is 27.3 Å². The van der Waals surface area contributed by atoms with Gasteiger partial charge in [-0.15, -0.1) is 0 Å². The van der Waals surface area contributed by atoms with E-state index in [1.165, 1.54) is 0 Å². The molecule has 0 aliphatic heterocycles. The molecule has 0 unspecified atom stereocenters. The molecule has 0 atom stereocenters. The zero-order valence-electron chi connectivity index (χ0n) is 12.4. The Labute approximate surface area is 129 Å². The predicted octanol–water partition coefficient (Wildman–Crippen LogP) is 3.21. The Kier molecular flexibility index (Phi) is 4.48. The summed E-state index contributed by atoms with van der Waals surface area (Å²) in [5.41, 5.74) is 9.43. The van der Waals surface area contributed by atoms with Crippen molar-refractivity contribution in [3.8, 4) is 0 Å². The van der Waals surface area contributed by atoms with Gasteiger partial charge in [-0.05, 0) is 49.7 Å². The Balaban J connectivity index is 2.21. The maximum atomic E-state index is 12.5. The van der Waals surface area contributed by atoms with Crippen molar-refractivity contribution in [3.63, 3.8) is 0 Å². The van der Waals surface area contributed by atoms with Crippen molar-refractivity contribution in [2.24, 2.45) is 0 Å². The number of benzene rings is 1. The summed E-state index contributed by atoms with van der Waals surface area (Å²) in [6, 6.07) is 8.90. The van der Waals surface area contributed by atoms with Crippen molar-refractivity contribution in [2.45, 2.75) is 20.4 Å². The number of nitrogens with two attached hydrogens (primary N) is 1. The highest BCUT2D eigenvalue weighted by Crippen LogP contribution is 2.21. The minimum Gasteiger partial charge on any atom is -0.399 e. The van der Waals surface area contributed by atoms with Gasteiger partial charge in [-0.1, -0.05) is 11.6 Å². The number of halogens is 1. The number of hydrogen-bond donors (Lipinski definition) is 1. The van der Waals surface area contributed by atoms with Gasteiger partial charge in [0.15, 0.2) is 0 Å². The third-order valence-corrected chi connectivity index (χ3v) is 3.65. The van der Waals surface area contributed by atoms with Gasteiger partial charge in [-0.25, -0.2) is 0 Å². The minimum atomic E-state index is -0.0847. The maximum Gasteiger partial charge on any atom is 0.255 e. The van der Waals surface area contributed by atoms with Crippen molar-refractivity contribution >= 4 is 23.2 Å². The van der Waals surface area contributed by atoms with E-state index < -0.39 is 0 Å². The summed E-state index contributed by atoms with van der Waals surface area (Å²) in [4.78, 5) is 18.4. The highest BCUT2D eigenvalue weighted by molar-refractivity contribution is 6.31. The van der Waals surface area contributed by atoms with E-state index in [1.807, 2.05) is 19.9 Å². The van der Waals surface area contributed by atoms with Crippen LogP contribution < -0.4 is 5.73 Å². The van der Waals surface area contributed by atoms with Crippen molar-refractivity contribution in [3.05, 3.63) is 57.9 Å². The predicted molar refractivity (Wildman–Crippen MR) is 85.4 cm³/mol. The first-order valence-electron chi connectivity index (χ1n) is 6.62. The number of carbonyl (C=O) groups is 1. The molecule has 0 spiro atoms. The number of nitrogens with zero attached hydrogens (tertiary/aromatic N) is 2. The lowest BCUT2D eigenvalue weighted by Gasteiger charge is -2.19. The van der Waals surface area contributed by atoms with Crippen molar-refractivity contribution in [2.75, 3.05) is 12.8 Å². The number of aromatic nitrogens is 1. The van der Waals surface area contributed by atoms with Crippen molar-refractivity contribution < 1.29 is 4.79 Å². The molecule has 4 nitrogen and oxygen atoms in total. The van der Waals surface area contributed by atoms with Gasteiger partial charge in [0.1, 0.15) is 0 Å². The maximum absolute atomic E-state index is 12.5. The first-order chi connectivity index (χ1) is 9.88. The molecule has 1 aromatic carbocycles. The van der Waals surface area contributed by atoms with E-state index in [2.05, 4.69) is 4.98 Å². The normalized spacial score (nSPS) is 10.5. The van der Waals surface area contributed by atoms with Crippen LogP contribution in [0.15, 0.2) is 30.3 Å². The number of amides is 1. The zero-order valence-corrected chi connectivity index (χ0v) is 13.1. The van der Waals surface area contributed by atoms with Gasteiger partial charge in [-0.2, -0.15) is 0 Å². The molecule has 0 aliphatic carbocycles. The largest absolute Gasteiger partial charge is 0.399 e. The summed E-state index contributed by atoms with van der Waals surface area (Å²) in [6.07, 6.45) is 0. The molecule has 0 fully saturated rings. The standard InChI is InChI=1S/C16H18ClN3O/c1-10-4-6-14(11(2)19-10)16(21)20(3)9-12-8-13(18)5-7-15(12)17/h4-8H,9,18H2,1-3H3. The third-order valence-electron chi connectivity index (χ3n) is 3.28. The average Bonchev–Trinajstić information content (AvgIpc) is 2.42. The number of anilines is 1. The molecule has 2 rings (SSSR count). The number of carbonyl (C=O) groups excluding carboxylic acids is 1. The molecule has 0 radical (unpaired) electrons. The highest BCUT2D eigenvalue weighted by Gasteiger charge is 2.16. The van der Waals surface area contributed by atoms with Crippen LogP contribution in [0.5, 0.6) is 0 Å². The SMILES string of the molecule is Cc1ccc(C(=O)N(C)Cc2cc(N)ccc2Cl)c(C)n1. The first kappa shape index (κ1) is 15.3. The first-order valence-corrected chi connectivity index (χ1v) is 7.00. The zero-order chi connectivity index (χ0) is 15.6. The summed E-state index contributed by atoms with van der Waals surface area (Å²) in [5, 5.41) is 0.600. The second kappa shape index (κ2) is 6.14. The Morgan fingerprint density at radius 2 is 2.00 bits per heavy atom. The second-order valence-electron chi connectivity index (χ2n) is 5.10. The third kappa shape index (κ3) is 3.52. The Morgan fingerprint density at radius 3 is 2.67 bits per heavy atom. The summed E-state index contributed by atoms with van der Waals surface area (Å²) in [7, 11) is 1.74. The Hall–Kier alpha value is -2.07. The molecular formula is C16H18ClN3O. The van der Waals surface area contributed by atoms with E-state index in [-0.39, 0.29) is 5.91 Å². The molecule has 1 heterocycles. The molecule has 0 saturated heterocycles. The number of rotatable bonds is 3. The number of aryl methyl sites for hydroxylation is 2. The van der Waals surface area contributed by atoms with Crippen LogP contribution >= 0.6 is 11.6 Å². The van der Waals surface area contributed by atoms with Crippen molar-refractivity contribution in [1.29, 1.82) is 0 Å². The van der Waals surface area contributed by atoms with Gasteiger partial charge < -0.3 is 10.6 Å². The molecule has 2 N–H and O–H groups in total. The molecule has 21 heavy (non-hydrogen) atoms. The van der Waals surface area contributed by atoms with E-state index in [4.69, 9.17) is 17.3 Å². The lowest BCUT2D eigenvalue weighted by atomic mass is 10.1. The molecule has 5 heteroatoms. The fourth-order valence-electron chi connectivity index (χ4n) is 2.16. The molecule has 1 amide bonds. The lowest BCUT2D eigenvalue weighted by molar-refractivity contribution is 0.0784. The van der Waals surface area contributed by atoms with E-state index in [1.54, 1.807) is 36.2 Å². The van der Waals surface area contributed by atoms with Crippen LogP contribution in [-0.2, 0) is 6.54 Å². The van der Waals surface area contributed by atoms with Crippen LogP contribution in [0.2, 0.25) is 5.02 Å². The van der Waals surface area contributed by atoms with Gasteiger partial charge in [0.25, 0.3) is 5.91 Å². The summed E-state index contributed by atoms with van der Waals surface area (Å²) < 4.78 is 0. The molecule has 1 aromatic heterocycles. The molecular weight excluding hydrogens is 286 g/mol. The highest BCUT2D eigenvalue weighted by atomic mass is 35.5. The van der Waals surface area contributed by atoms with Crippen LogP contribution in [0.3, 0.4) is 0 Å². The van der Waals surface area contributed by atoms with Gasteiger partial charge in [0.2, 0.25) is 0 Å². The smallest absolute Gasteiger partial charge is 0.255 e. The number of nitrogen functional groups attached to an aromatic ring is 1. The quantitative estimate of drug-likeness (QED) is 0.886. The van der Waals surface area contributed by atoms with Crippen LogP contribution in [0, 0.1) is 13.8 Å². The van der Waals surface area contributed by atoms with E-state index in [9.17, 15) is 4.79 Å². The molecule has 2 aromatic rings. The molecule has 0 bridgehead atoms. The van der Waals surface area contributed by atoms with E-state index >= 15 is 0 Å². The van der Waals surface area contributed by atoms with Crippen LogP contribution in [0.25, 0.3) is 0 Å². The summed E-state index contributed by atoms with van der Waals surface area (Å²) in [5.74, 6) is -0.0847. The fourth-order valence-corrected chi connectivity index (χ4v) is 2.34. The lowest BCUT2D eigenvalue weighted by Crippen LogP contribution is -2.27. The molecule has 110 valence electrons. The summed E-state index contributed by atoms with van der Waals surface area (Å²) in [6.45, 7) is 4.13. The van der Waals surface area contributed by atoms with E-state index in [0.717, 1.165) is 17.0 Å². The van der Waals surface area contributed by atoms with Gasteiger partial charge in [0, 0.05) is 30.0 Å². The van der Waals surface area contributed by atoms with Crippen LogP contribution in [-0.4, -0.2) is 22.8 Å². The molecule has 0 saturated carbocycles. The molecule has 0 aliphatic rings. The summed E-state index contributed by atoms with van der Waals surface area (Å²) >= 11 is 6.14. The van der Waals surface area contributed by atoms with Gasteiger partial charge >= 0.3 is 0 Å². The monoisotopic (exact) mass is 303 g/mol. The number of hydrogen-bond acceptors (Lipinski definition) is 3. The van der Waals surface area contributed by atoms with Gasteiger partial charge in [0.05, 0.1) is 11.3 Å². The van der Waals surface area contributed by atoms with Crippen LogP contribution in [0.4, 0.5) is 5.69 Å². The average molecular weight is 304 g/mol. The minimum absolute atomic E-state index is 0.0847. The number of pyridine rings is 1.